The first-order valence-electron chi connectivity index (χ1n) is 4.97. The first-order chi connectivity index (χ1) is 8.35. The van der Waals surface area contributed by atoms with E-state index in [0.29, 0.717) is 5.69 Å². The van der Waals surface area contributed by atoms with Gasteiger partial charge in [0, 0.05) is 15.8 Å². The fourth-order valence-corrected chi connectivity index (χ4v) is 1.69. The zero-order valence-electron chi connectivity index (χ0n) is 9.66. The van der Waals surface area contributed by atoms with E-state index in [2.05, 4.69) is 16.4 Å². The second-order valence-electron chi connectivity index (χ2n) is 3.59. The monoisotopic (exact) mass is 270 g/mol. The van der Waals surface area contributed by atoms with Crippen molar-refractivity contribution < 1.29 is 23.9 Å². The lowest BCUT2D eigenvalue weighted by molar-refractivity contribution is -0.129. The number of rotatable bonds is 5. The molecular weight excluding hydrogens is 257 g/mol. The van der Waals surface area contributed by atoms with Gasteiger partial charge in [0.25, 0.3) is 0 Å². The van der Waals surface area contributed by atoms with Gasteiger partial charge in [-0.05, 0) is 25.1 Å². The van der Waals surface area contributed by atoms with E-state index in [-0.39, 0.29) is 5.56 Å². The fourth-order valence-electron chi connectivity index (χ4n) is 1.28. The van der Waals surface area contributed by atoms with E-state index in [4.69, 9.17) is 4.89 Å². The highest BCUT2D eigenvalue weighted by Gasteiger charge is 2.35. The van der Waals surface area contributed by atoms with Crippen molar-refractivity contribution in [2.75, 3.05) is 5.32 Å². The van der Waals surface area contributed by atoms with Gasteiger partial charge in [-0.2, -0.15) is 0 Å². The Morgan fingerprint density at radius 1 is 1.61 bits per heavy atom. The zero-order chi connectivity index (χ0) is 13.8. The number of hydrogen-bond donors (Lipinski definition) is 3. The molecule has 0 aliphatic carbocycles. The average Bonchev–Trinajstić information content (AvgIpc) is 2.27. The summed E-state index contributed by atoms with van der Waals surface area (Å²) in [4.78, 5) is 19.8. The Hall–Kier alpha value is -1.59. The topological polar surface area (TPSA) is 95.9 Å². The minimum Gasteiger partial charge on any atom is -0.359 e. The summed E-state index contributed by atoms with van der Waals surface area (Å²) >= 11 is 0. The second kappa shape index (κ2) is 5.84. The number of anilines is 1. The minimum absolute atomic E-state index is 0.238. The van der Waals surface area contributed by atoms with Crippen molar-refractivity contribution in [3.63, 3.8) is 0 Å². The van der Waals surface area contributed by atoms with Gasteiger partial charge >= 0.3 is 8.25 Å². The van der Waals surface area contributed by atoms with Crippen molar-refractivity contribution in [3.05, 3.63) is 42.5 Å². The van der Waals surface area contributed by atoms with Gasteiger partial charge in [-0.15, -0.1) is 4.89 Å². The molecular formula is C11H13NO5P+. The van der Waals surface area contributed by atoms with E-state index in [1.807, 2.05) is 0 Å². The molecule has 0 aromatic heterocycles. The molecule has 3 N–H and O–H groups in total. The van der Waals surface area contributed by atoms with E-state index >= 15 is 0 Å². The molecule has 96 valence electrons. The lowest BCUT2D eigenvalue weighted by Gasteiger charge is -2.16. The molecule has 1 aromatic carbocycles. The van der Waals surface area contributed by atoms with Crippen LogP contribution in [0.5, 0.6) is 0 Å². The van der Waals surface area contributed by atoms with Gasteiger partial charge < -0.3 is 10.4 Å². The Labute approximate surface area is 105 Å². The molecule has 1 aromatic rings. The van der Waals surface area contributed by atoms with Crippen LogP contribution in [-0.2, 0) is 19.7 Å². The summed E-state index contributed by atoms with van der Waals surface area (Å²) < 4.78 is 15.1. The number of amides is 1. The third-order valence-corrected chi connectivity index (χ3v) is 2.62. The van der Waals surface area contributed by atoms with E-state index < -0.39 is 19.9 Å². The van der Waals surface area contributed by atoms with Crippen molar-refractivity contribution >= 4 is 19.8 Å². The zero-order valence-corrected chi connectivity index (χ0v) is 10.6. The average molecular weight is 270 g/mol. The Morgan fingerprint density at radius 2 is 2.28 bits per heavy atom. The lowest BCUT2D eigenvalue weighted by atomic mass is 10.1. The molecule has 0 fully saturated rings. The Morgan fingerprint density at radius 3 is 2.83 bits per heavy atom. The third-order valence-electron chi connectivity index (χ3n) is 2.11. The summed E-state index contributed by atoms with van der Waals surface area (Å²) in [6.45, 7) is 4.54. The van der Waals surface area contributed by atoms with Crippen molar-refractivity contribution in [1.82, 2.24) is 0 Å². The van der Waals surface area contributed by atoms with E-state index in [1.54, 1.807) is 12.1 Å². The minimum atomic E-state index is -2.95. The van der Waals surface area contributed by atoms with Crippen LogP contribution in [0, 0.1) is 0 Å². The molecule has 1 rings (SSSR count). The van der Waals surface area contributed by atoms with Crippen LogP contribution in [0.25, 0.3) is 0 Å². The number of carbonyl (C=O) groups excluding carboxylic acids is 1. The molecule has 7 heteroatoms. The first kappa shape index (κ1) is 14.5. The Kier molecular flexibility index (Phi) is 4.69. The molecule has 0 radical (unpaired) electrons. The van der Waals surface area contributed by atoms with Gasteiger partial charge in [0.05, 0.1) is 0 Å². The highest BCUT2D eigenvalue weighted by Crippen LogP contribution is 2.33. The number of hydrogen-bond acceptors (Lipinski definition) is 4. The summed E-state index contributed by atoms with van der Waals surface area (Å²) in [5, 5.41) is 12.4. The molecule has 0 aliphatic rings. The Bertz CT molecular complexity index is 486. The highest BCUT2D eigenvalue weighted by molar-refractivity contribution is 7.32. The fraction of sp³-hybridized carbons (Fsp3) is 0.182. The molecule has 18 heavy (non-hydrogen) atoms. The van der Waals surface area contributed by atoms with Crippen LogP contribution in [0.2, 0.25) is 0 Å². The molecule has 0 saturated carbocycles. The van der Waals surface area contributed by atoms with Crippen LogP contribution >= 0.6 is 8.25 Å². The molecule has 0 aliphatic heterocycles. The first-order valence-corrected chi connectivity index (χ1v) is 6.10. The quantitative estimate of drug-likeness (QED) is 0.429. The Balaban J connectivity index is 2.97. The summed E-state index contributed by atoms with van der Waals surface area (Å²) in [6, 6.07) is 6.10. The van der Waals surface area contributed by atoms with E-state index in [0.717, 1.165) is 6.08 Å². The van der Waals surface area contributed by atoms with Crippen LogP contribution in [0.1, 0.15) is 12.5 Å². The lowest BCUT2D eigenvalue weighted by Crippen LogP contribution is -2.22. The summed E-state index contributed by atoms with van der Waals surface area (Å²) in [6.07, 6.45) is 1.10. The molecule has 0 saturated heterocycles. The molecule has 2 atom stereocenters. The van der Waals surface area contributed by atoms with E-state index in [9.17, 15) is 14.5 Å². The molecule has 0 heterocycles. The third kappa shape index (κ3) is 4.01. The number of carbonyl (C=O) groups is 1. The number of benzene rings is 1. The van der Waals surface area contributed by atoms with Crippen LogP contribution in [0.15, 0.2) is 36.9 Å². The van der Waals surface area contributed by atoms with Crippen molar-refractivity contribution in [2.45, 2.75) is 12.7 Å². The van der Waals surface area contributed by atoms with Crippen molar-refractivity contribution in [3.8, 4) is 0 Å². The van der Waals surface area contributed by atoms with Crippen LogP contribution < -0.4 is 5.32 Å². The van der Waals surface area contributed by atoms with Gasteiger partial charge in [0.2, 0.25) is 11.7 Å². The standard InChI is InChI=1S/C11H12NO5P/c1-3-10(13)12-9-6-4-5-8(7-9)11(2,14)17-18(15)16/h3-7,14H,1H2,2H3,(H-,12,13,15,16)/p+1. The molecule has 0 bridgehead atoms. The molecule has 2 unspecified atom stereocenters. The predicted octanol–water partition coefficient (Wildman–Crippen LogP) is 1.64. The van der Waals surface area contributed by atoms with Crippen LogP contribution in [0.3, 0.4) is 0 Å². The van der Waals surface area contributed by atoms with Gasteiger partial charge in [0.1, 0.15) is 0 Å². The second-order valence-corrected chi connectivity index (χ2v) is 4.24. The maximum atomic E-state index is 11.1. The van der Waals surface area contributed by atoms with Gasteiger partial charge in [-0.3, -0.25) is 4.79 Å². The van der Waals surface area contributed by atoms with Crippen molar-refractivity contribution in [2.24, 2.45) is 0 Å². The van der Waals surface area contributed by atoms with Gasteiger partial charge in [-0.25, -0.2) is 0 Å². The number of aliphatic hydroxyl groups is 1. The normalized spacial score (nSPS) is 14.5. The maximum absolute atomic E-state index is 11.1. The van der Waals surface area contributed by atoms with Crippen LogP contribution in [-0.4, -0.2) is 15.9 Å². The molecule has 0 spiro atoms. The summed E-state index contributed by atoms with van der Waals surface area (Å²) in [7, 11) is -2.95. The molecule has 1 amide bonds. The predicted molar refractivity (Wildman–Crippen MR) is 65.7 cm³/mol. The van der Waals surface area contributed by atoms with E-state index in [1.165, 1.54) is 19.1 Å². The smallest absolute Gasteiger partial charge is 0.359 e. The summed E-state index contributed by atoms with van der Waals surface area (Å²) in [5.74, 6) is -2.32. The molecule has 6 nitrogen and oxygen atoms in total. The van der Waals surface area contributed by atoms with Gasteiger partial charge in [0.15, 0.2) is 0 Å². The summed E-state index contributed by atoms with van der Waals surface area (Å²) in [5.41, 5.74) is 0.649. The SMILES string of the molecule is C=CC(=O)Nc1cccc(C(C)(O)O[P+](=O)O)c1. The van der Waals surface area contributed by atoms with Crippen molar-refractivity contribution in [1.29, 1.82) is 0 Å². The number of nitrogens with one attached hydrogen (secondary N) is 1. The maximum Gasteiger partial charge on any atom is 0.698 e. The van der Waals surface area contributed by atoms with Crippen LogP contribution in [0.4, 0.5) is 5.69 Å². The highest BCUT2D eigenvalue weighted by atomic mass is 31.1. The largest absolute Gasteiger partial charge is 0.698 e. The van der Waals surface area contributed by atoms with Gasteiger partial charge in [-0.1, -0.05) is 23.2 Å².